The molecule has 0 saturated heterocycles. The number of aromatic nitrogens is 4. The fourth-order valence-corrected chi connectivity index (χ4v) is 2.28. The monoisotopic (exact) mass is 308 g/mol. The first kappa shape index (κ1) is 14.9. The van der Waals surface area contributed by atoms with E-state index in [1.165, 1.54) is 10.9 Å². The molecular weight excluding hydrogens is 292 g/mol. The lowest BCUT2D eigenvalue weighted by atomic mass is 10.0. The van der Waals surface area contributed by atoms with Crippen LogP contribution in [-0.2, 0) is 17.6 Å². The van der Waals surface area contributed by atoms with E-state index >= 15 is 0 Å². The zero-order valence-corrected chi connectivity index (χ0v) is 12.5. The number of ketones is 1. The van der Waals surface area contributed by atoms with Crippen LogP contribution in [0.25, 0.3) is 5.95 Å². The predicted octanol–water partition coefficient (Wildman–Crippen LogP) is 1.70. The van der Waals surface area contributed by atoms with Gasteiger partial charge in [-0.25, -0.2) is 9.67 Å². The van der Waals surface area contributed by atoms with Crippen LogP contribution in [0, 0.1) is 0 Å². The third-order valence-corrected chi connectivity index (χ3v) is 3.50. The van der Waals surface area contributed by atoms with Gasteiger partial charge in [-0.3, -0.25) is 14.6 Å². The smallest absolute Gasteiger partial charge is 0.255 e. The third-order valence-electron chi connectivity index (χ3n) is 3.50. The molecule has 1 N–H and O–H groups in total. The standard InChI is InChI=1S/C17H16N4O2/c22-15(8-7-13-5-2-1-3-6-13)11-14-12-18-17(20-16(14)23)21-10-4-9-19-21/h1-6,9-10,12H,7-8,11H2,(H,18,20,23). The summed E-state index contributed by atoms with van der Waals surface area (Å²) in [4.78, 5) is 30.9. The van der Waals surface area contributed by atoms with Gasteiger partial charge in [0.05, 0.1) is 0 Å². The Morgan fingerprint density at radius 1 is 1.17 bits per heavy atom. The van der Waals surface area contributed by atoms with Crippen LogP contribution in [0.3, 0.4) is 0 Å². The fraction of sp³-hybridized carbons (Fsp3) is 0.176. The largest absolute Gasteiger partial charge is 0.299 e. The molecule has 0 amide bonds. The Morgan fingerprint density at radius 3 is 2.70 bits per heavy atom. The minimum absolute atomic E-state index is 0.0213. The minimum atomic E-state index is -0.307. The second-order valence-corrected chi connectivity index (χ2v) is 5.21. The van der Waals surface area contributed by atoms with E-state index in [0.717, 1.165) is 5.56 Å². The molecule has 0 aliphatic heterocycles. The molecule has 0 spiro atoms. The van der Waals surface area contributed by atoms with Crippen LogP contribution in [0.4, 0.5) is 0 Å². The van der Waals surface area contributed by atoms with Crippen LogP contribution < -0.4 is 5.56 Å². The van der Waals surface area contributed by atoms with E-state index in [2.05, 4.69) is 15.1 Å². The molecule has 6 heteroatoms. The van der Waals surface area contributed by atoms with E-state index in [-0.39, 0.29) is 17.8 Å². The van der Waals surface area contributed by atoms with Gasteiger partial charge in [0.15, 0.2) is 0 Å². The van der Waals surface area contributed by atoms with Gasteiger partial charge in [-0.15, -0.1) is 0 Å². The second kappa shape index (κ2) is 6.83. The van der Waals surface area contributed by atoms with Crippen LogP contribution >= 0.6 is 0 Å². The highest BCUT2D eigenvalue weighted by Crippen LogP contribution is 2.05. The first-order chi connectivity index (χ1) is 11.2. The Bertz CT molecular complexity index is 839. The number of hydrogen-bond donors (Lipinski definition) is 1. The van der Waals surface area contributed by atoms with Gasteiger partial charge in [-0.05, 0) is 18.1 Å². The van der Waals surface area contributed by atoms with Gasteiger partial charge < -0.3 is 0 Å². The lowest BCUT2D eigenvalue weighted by Crippen LogP contribution is -2.20. The van der Waals surface area contributed by atoms with Gasteiger partial charge in [0.1, 0.15) is 5.78 Å². The summed E-state index contributed by atoms with van der Waals surface area (Å²) in [6.45, 7) is 0. The number of benzene rings is 1. The predicted molar refractivity (Wildman–Crippen MR) is 85.5 cm³/mol. The molecule has 0 atom stereocenters. The summed E-state index contributed by atoms with van der Waals surface area (Å²) >= 11 is 0. The number of aryl methyl sites for hydroxylation is 1. The van der Waals surface area contributed by atoms with Crippen molar-refractivity contribution in [1.29, 1.82) is 0 Å². The fourth-order valence-electron chi connectivity index (χ4n) is 2.28. The lowest BCUT2D eigenvalue weighted by molar-refractivity contribution is -0.118. The lowest BCUT2D eigenvalue weighted by Gasteiger charge is -2.03. The number of carbonyl (C=O) groups is 1. The Labute approximate surface area is 132 Å². The molecule has 3 aromatic rings. The van der Waals surface area contributed by atoms with Crippen molar-refractivity contribution >= 4 is 5.78 Å². The maximum atomic E-state index is 12.1. The van der Waals surface area contributed by atoms with E-state index in [4.69, 9.17) is 0 Å². The molecule has 6 nitrogen and oxygen atoms in total. The first-order valence-corrected chi connectivity index (χ1v) is 7.36. The van der Waals surface area contributed by atoms with Gasteiger partial charge in [-0.1, -0.05) is 30.3 Å². The number of carbonyl (C=O) groups excluding carboxylic acids is 1. The summed E-state index contributed by atoms with van der Waals surface area (Å²) in [6, 6.07) is 11.5. The molecule has 0 aliphatic rings. The number of aromatic amines is 1. The molecular formula is C17H16N4O2. The maximum Gasteiger partial charge on any atom is 0.255 e. The molecule has 0 aliphatic carbocycles. The summed E-state index contributed by atoms with van der Waals surface area (Å²) in [5, 5.41) is 4.00. The van der Waals surface area contributed by atoms with Crippen LogP contribution in [-0.4, -0.2) is 25.5 Å². The maximum absolute atomic E-state index is 12.1. The number of nitrogens with zero attached hydrogens (tertiary/aromatic N) is 3. The molecule has 1 aromatic carbocycles. The Morgan fingerprint density at radius 2 is 2.00 bits per heavy atom. The van der Waals surface area contributed by atoms with E-state index in [0.29, 0.717) is 24.4 Å². The van der Waals surface area contributed by atoms with Crippen molar-refractivity contribution in [2.24, 2.45) is 0 Å². The van der Waals surface area contributed by atoms with Crippen molar-refractivity contribution in [3.8, 4) is 5.95 Å². The number of Topliss-reactive ketones (excluding diaryl/α,β-unsaturated/α-hetero) is 1. The molecule has 0 bridgehead atoms. The van der Waals surface area contributed by atoms with E-state index in [1.54, 1.807) is 18.5 Å². The van der Waals surface area contributed by atoms with Gasteiger partial charge >= 0.3 is 0 Å². The van der Waals surface area contributed by atoms with Crippen LogP contribution in [0.1, 0.15) is 17.5 Å². The number of nitrogens with one attached hydrogen (secondary N) is 1. The number of hydrogen-bond acceptors (Lipinski definition) is 4. The number of rotatable bonds is 6. The molecule has 116 valence electrons. The molecule has 3 rings (SSSR count). The van der Waals surface area contributed by atoms with Crippen molar-refractivity contribution in [1.82, 2.24) is 19.7 Å². The molecule has 0 saturated carbocycles. The summed E-state index contributed by atoms with van der Waals surface area (Å²) in [6.07, 6.45) is 5.90. The summed E-state index contributed by atoms with van der Waals surface area (Å²) < 4.78 is 1.46. The van der Waals surface area contributed by atoms with Crippen molar-refractivity contribution in [3.05, 3.63) is 76.5 Å². The van der Waals surface area contributed by atoms with Crippen molar-refractivity contribution in [2.45, 2.75) is 19.3 Å². The van der Waals surface area contributed by atoms with E-state index < -0.39 is 0 Å². The molecule has 2 aromatic heterocycles. The van der Waals surface area contributed by atoms with Crippen molar-refractivity contribution in [3.63, 3.8) is 0 Å². The highest BCUT2D eigenvalue weighted by atomic mass is 16.1. The second-order valence-electron chi connectivity index (χ2n) is 5.21. The zero-order chi connectivity index (χ0) is 16.1. The SMILES string of the molecule is O=C(CCc1ccccc1)Cc1cnc(-n2cccn2)[nH]c1=O. The molecule has 23 heavy (non-hydrogen) atoms. The molecule has 0 fully saturated rings. The zero-order valence-electron chi connectivity index (χ0n) is 12.5. The van der Waals surface area contributed by atoms with Crippen molar-refractivity contribution in [2.75, 3.05) is 0 Å². The van der Waals surface area contributed by atoms with Gasteiger partial charge in [0.2, 0.25) is 5.95 Å². The van der Waals surface area contributed by atoms with Crippen LogP contribution in [0.2, 0.25) is 0 Å². The van der Waals surface area contributed by atoms with Gasteiger partial charge in [0.25, 0.3) is 5.56 Å². The molecule has 0 unspecified atom stereocenters. The highest BCUT2D eigenvalue weighted by molar-refractivity contribution is 5.80. The first-order valence-electron chi connectivity index (χ1n) is 7.36. The van der Waals surface area contributed by atoms with Crippen LogP contribution in [0.15, 0.2) is 59.8 Å². The van der Waals surface area contributed by atoms with E-state index in [1.807, 2.05) is 30.3 Å². The third kappa shape index (κ3) is 3.79. The Balaban J connectivity index is 1.63. The molecule has 0 radical (unpaired) electrons. The highest BCUT2D eigenvalue weighted by Gasteiger charge is 2.10. The summed E-state index contributed by atoms with van der Waals surface area (Å²) in [5.74, 6) is 0.355. The molecule has 2 heterocycles. The average Bonchev–Trinajstić information content (AvgIpc) is 3.10. The van der Waals surface area contributed by atoms with E-state index in [9.17, 15) is 9.59 Å². The quantitative estimate of drug-likeness (QED) is 0.751. The Kier molecular flexibility index (Phi) is 4.42. The summed E-state index contributed by atoms with van der Waals surface area (Å²) in [7, 11) is 0. The van der Waals surface area contributed by atoms with Crippen molar-refractivity contribution < 1.29 is 4.79 Å². The number of H-pyrrole nitrogens is 1. The topological polar surface area (TPSA) is 80.6 Å². The summed E-state index contributed by atoms with van der Waals surface area (Å²) in [5.41, 5.74) is 1.18. The average molecular weight is 308 g/mol. The Hall–Kier alpha value is -3.02. The van der Waals surface area contributed by atoms with Crippen LogP contribution in [0.5, 0.6) is 0 Å². The minimum Gasteiger partial charge on any atom is -0.299 e. The van der Waals surface area contributed by atoms with Gasteiger partial charge in [-0.2, -0.15) is 5.10 Å². The normalized spacial score (nSPS) is 10.6. The van der Waals surface area contributed by atoms with Gasteiger partial charge in [0, 0.05) is 37.0 Å².